The Morgan fingerprint density at radius 2 is 1.06 bits per heavy atom. The number of carbonyl (C=O) groups excluding carboxylic acids is 4. The summed E-state index contributed by atoms with van der Waals surface area (Å²) in [6.45, 7) is 8.00. The summed E-state index contributed by atoms with van der Waals surface area (Å²) in [5, 5.41) is 40.3. The highest BCUT2D eigenvalue weighted by Gasteiger charge is 2.35. The van der Waals surface area contributed by atoms with E-state index < -0.39 is 59.8 Å². The zero-order valence-corrected chi connectivity index (χ0v) is 27.8. The smallest absolute Gasteiger partial charge is 0.251 e. The van der Waals surface area contributed by atoms with Crippen molar-refractivity contribution in [1.29, 1.82) is 0 Å². The number of nitrogens with one attached hydrogen (secondary N) is 2. The molecule has 12 nitrogen and oxygen atoms in total. The van der Waals surface area contributed by atoms with Crippen molar-refractivity contribution in [3.63, 3.8) is 0 Å². The Hall–Kier alpha value is -5.57. The molecule has 0 bridgehead atoms. The second-order valence-electron chi connectivity index (χ2n) is 11.3. The fourth-order valence-electron chi connectivity index (χ4n) is 3.82. The second-order valence-corrected chi connectivity index (χ2v) is 11.3. The number of rotatable bonds is 11. The highest BCUT2D eigenvalue weighted by molar-refractivity contribution is 5.99. The molecule has 2 rings (SSSR count). The fraction of sp³-hybridized carbons (Fsp3) is 0.324. The van der Waals surface area contributed by atoms with Gasteiger partial charge in [-0.1, -0.05) is 23.7 Å². The molecule has 2 aromatic rings. The second kappa shape index (κ2) is 20.6. The molecular weight excluding hydrogens is 628 g/mol. The van der Waals surface area contributed by atoms with Crippen molar-refractivity contribution in [3.8, 4) is 47.4 Å². The highest BCUT2D eigenvalue weighted by atomic mass is 16.3. The van der Waals surface area contributed by atoms with E-state index in [1.165, 1.54) is 0 Å². The number of aliphatic imine (C=N–C) groups is 1. The van der Waals surface area contributed by atoms with Crippen LogP contribution in [-0.4, -0.2) is 100 Å². The molecule has 0 unspecified atom stereocenters. The predicted octanol–water partition coefficient (Wildman–Crippen LogP) is -0.396. The Kier molecular flexibility index (Phi) is 17.4. The van der Waals surface area contributed by atoms with Crippen LogP contribution in [0.2, 0.25) is 0 Å². The van der Waals surface area contributed by atoms with Crippen LogP contribution in [-0.2, 0) is 9.59 Å². The molecule has 0 saturated heterocycles. The van der Waals surface area contributed by atoms with Gasteiger partial charge in [-0.2, -0.15) is 0 Å². The first-order valence-corrected chi connectivity index (χ1v) is 14.7. The van der Waals surface area contributed by atoms with Gasteiger partial charge in [0, 0.05) is 27.8 Å². The lowest BCUT2D eigenvalue weighted by atomic mass is 9.91. The van der Waals surface area contributed by atoms with Crippen molar-refractivity contribution in [2.45, 2.75) is 50.9 Å². The summed E-state index contributed by atoms with van der Waals surface area (Å²) in [6.07, 6.45) is 0. The Labute approximate surface area is 286 Å². The molecule has 8 N–H and O–H groups in total. The van der Waals surface area contributed by atoms with E-state index in [1.54, 1.807) is 76.2 Å². The van der Waals surface area contributed by atoms with Crippen molar-refractivity contribution < 1.29 is 39.6 Å². The number of nitrogens with zero attached hydrogens (tertiary/aromatic N) is 1. The molecular formula is C37H40N4O8. The number of amides is 2. The SMILES string of the molecule is C=NC(C)(C)[C@H](NC(=O)c1ccc(C#CC#CCO)cc1)C(=O)CO.CC(C)(N)[C@H](NC(=O)c1ccc(C#CC#CCO)cc1)C(=O)CO. The molecule has 49 heavy (non-hydrogen) atoms. The number of aliphatic hydroxyl groups is 4. The van der Waals surface area contributed by atoms with Crippen molar-refractivity contribution in [2.24, 2.45) is 10.7 Å². The van der Waals surface area contributed by atoms with Gasteiger partial charge in [0.15, 0.2) is 11.6 Å². The molecule has 0 aliphatic rings. The first kappa shape index (κ1) is 41.5. The zero-order valence-electron chi connectivity index (χ0n) is 27.8. The molecule has 0 spiro atoms. The normalized spacial score (nSPS) is 11.3. The molecule has 0 aliphatic carbocycles. The van der Waals surface area contributed by atoms with Gasteiger partial charge in [0.05, 0.1) is 5.54 Å². The number of hydrogen-bond acceptors (Lipinski definition) is 10. The minimum Gasteiger partial charge on any atom is -0.388 e. The summed E-state index contributed by atoms with van der Waals surface area (Å²) in [6, 6.07) is 10.8. The van der Waals surface area contributed by atoms with Gasteiger partial charge in [-0.25, -0.2) is 0 Å². The van der Waals surface area contributed by atoms with Crippen LogP contribution in [0.4, 0.5) is 0 Å². The lowest BCUT2D eigenvalue weighted by Crippen LogP contribution is -2.59. The van der Waals surface area contributed by atoms with Crippen LogP contribution in [0.25, 0.3) is 0 Å². The van der Waals surface area contributed by atoms with Crippen molar-refractivity contribution in [3.05, 3.63) is 70.8 Å². The summed E-state index contributed by atoms with van der Waals surface area (Å²) >= 11 is 0. The Balaban J connectivity index is 0.000000490. The lowest BCUT2D eigenvalue weighted by Gasteiger charge is -2.29. The lowest BCUT2D eigenvalue weighted by molar-refractivity contribution is -0.125. The summed E-state index contributed by atoms with van der Waals surface area (Å²) in [7, 11) is 0. The van der Waals surface area contributed by atoms with Crippen LogP contribution in [0.3, 0.4) is 0 Å². The Morgan fingerprint density at radius 1 is 0.694 bits per heavy atom. The number of aliphatic hydroxyl groups excluding tert-OH is 4. The molecule has 2 atom stereocenters. The summed E-state index contributed by atoms with van der Waals surface area (Å²) < 4.78 is 0. The molecule has 0 saturated carbocycles. The van der Waals surface area contributed by atoms with E-state index >= 15 is 0 Å². The average Bonchev–Trinajstić information content (AvgIpc) is 3.09. The van der Waals surface area contributed by atoms with E-state index in [9.17, 15) is 19.2 Å². The topological polar surface area (TPSA) is 212 Å². The van der Waals surface area contributed by atoms with Gasteiger partial charge in [0.25, 0.3) is 11.8 Å². The van der Waals surface area contributed by atoms with E-state index in [0.29, 0.717) is 22.3 Å². The van der Waals surface area contributed by atoms with E-state index in [-0.39, 0.29) is 13.2 Å². The number of nitrogens with two attached hydrogens (primary N) is 1. The molecule has 0 aliphatic heterocycles. The van der Waals surface area contributed by atoms with E-state index in [2.05, 4.69) is 69.7 Å². The Morgan fingerprint density at radius 3 is 1.39 bits per heavy atom. The van der Waals surface area contributed by atoms with Crippen LogP contribution < -0.4 is 16.4 Å². The number of ketones is 2. The molecule has 256 valence electrons. The minimum absolute atomic E-state index is 0.251. The maximum atomic E-state index is 12.4. The number of carbonyl (C=O) groups is 4. The fourth-order valence-corrected chi connectivity index (χ4v) is 3.82. The van der Waals surface area contributed by atoms with Gasteiger partial charge < -0.3 is 36.8 Å². The molecule has 12 heteroatoms. The Bertz CT molecular complexity index is 1730. The van der Waals surface area contributed by atoms with Crippen LogP contribution in [0.5, 0.6) is 0 Å². The first-order valence-electron chi connectivity index (χ1n) is 14.7. The van der Waals surface area contributed by atoms with Crippen LogP contribution in [0, 0.1) is 47.4 Å². The minimum atomic E-state index is -1.01. The van der Waals surface area contributed by atoms with Crippen molar-refractivity contribution in [2.75, 3.05) is 26.4 Å². The van der Waals surface area contributed by atoms with Crippen LogP contribution >= 0.6 is 0 Å². The van der Waals surface area contributed by atoms with Gasteiger partial charge in [-0.05, 0) is 107 Å². The summed E-state index contributed by atoms with van der Waals surface area (Å²) in [5.74, 6) is 18.4. The molecule has 2 aromatic carbocycles. The highest BCUT2D eigenvalue weighted by Crippen LogP contribution is 2.16. The molecule has 0 radical (unpaired) electrons. The third-order valence-corrected chi connectivity index (χ3v) is 6.53. The van der Waals surface area contributed by atoms with Crippen LogP contribution in [0.15, 0.2) is 53.5 Å². The van der Waals surface area contributed by atoms with Crippen LogP contribution in [0.1, 0.15) is 59.5 Å². The molecule has 2 amide bonds. The summed E-state index contributed by atoms with van der Waals surface area (Å²) in [4.78, 5) is 52.1. The standard InChI is InChI=1S/C19H20N2O4.C18H20N2O4/c1-19(2,20-3)17(16(24)13-23)21-18(25)15-10-8-14(9-11-15)7-5-4-6-12-22;1-18(2,19)16(15(23)12-22)20-17(24)14-9-7-13(8-10-14)6-4-3-5-11-21/h8-11,17,22-23H,3,12-13H2,1-2H3,(H,21,25);7-10,16,21-22H,11-12,19H2,1-2H3,(H,20,24)/t17-;16-/m11/s1. The van der Waals surface area contributed by atoms with Crippen molar-refractivity contribution in [1.82, 2.24) is 10.6 Å². The average molecular weight is 669 g/mol. The number of Topliss-reactive ketones (excluding diaryl/α,β-unsaturated/α-hetero) is 2. The third-order valence-electron chi connectivity index (χ3n) is 6.53. The van der Waals surface area contributed by atoms with E-state index in [1.807, 2.05) is 0 Å². The molecule has 0 aromatic heterocycles. The largest absolute Gasteiger partial charge is 0.388 e. The first-order chi connectivity index (χ1) is 23.1. The van der Waals surface area contributed by atoms with Gasteiger partial charge >= 0.3 is 0 Å². The van der Waals surface area contributed by atoms with E-state index in [4.69, 9.17) is 26.2 Å². The third kappa shape index (κ3) is 14.4. The maximum absolute atomic E-state index is 12.4. The van der Waals surface area contributed by atoms with Crippen molar-refractivity contribution >= 4 is 30.1 Å². The molecule has 0 fully saturated rings. The molecule has 0 heterocycles. The predicted molar refractivity (Wildman–Crippen MR) is 185 cm³/mol. The van der Waals surface area contributed by atoms with E-state index in [0.717, 1.165) is 0 Å². The van der Waals surface area contributed by atoms with Gasteiger partial charge in [0.2, 0.25) is 0 Å². The van der Waals surface area contributed by atoms with Gasteiger partial charge in [-0.15, -0.1) is 0 Å². The zero-order chi connectivity index (χ0) is 37.0. The van der Waals surface area contributed by atoms with Gasteiger partial charge in [0.1, 0.15) is 38.5 Å². The summed E-state index contributed by atoms with van der Waals surface area (Å²) in [5.41, 5.74) is 5.91. The maximum Gasteiger partial charge on any atom is 0.251 e. The number of benzene rings is 2. The van der Waals surface area contributed by atoms with Gasteiger partial charge in [-0.3, -0.25) is 24.2 Å². The quantitative estimate of drug-likeness (QED) is 0.123. The number of hydrogen-bond donors (Lipinski definition) is 7. The monoisotopic (exact) mass is 668 g/mol.